The van der Waals surface area contributed by atoms with Crippen molar-refractivity contribution in [3.8, 4) is 0 Å². The van der Waals surface area contributed by atoms with Crippen LogP contribution in [0.15, 0.2) is 0 Å². The average Bonchev–Trinajstić information content (AvgIpc) is 2.47. The van der Waals surface area contributed by atoms with Crippen molar-refractivity contribution in [3.05, 3.63) is 0 Å². The predicted octanol–water partition coefficient (Wildman–Crippen LogP) is 1.55. The lowest BCUT2D eigenvalue weighted by Gasteiger charge is -2.18. The largest absolute Gasteiger partial charge is 0.377 e. The van der Waals surface area contributed by atoms with Crippen molar-refractivity contribution in [3.63, 3.8) is 0 Å². The normalized spacial score (nSPS) is 31.1. The van der Waals surface area contributed by atoms with Crippen LogP contribution in [0.5, 0.6) is 0 Å². The van der Waals surface area contributed by atoms with Crippen molar-refractivity contribution in [2.75, 3.05) is 13.7 Å². The van der Waals surface area contributed by atoms with E-state index in [0.29, 0.717) is 12.1 Å². The molecule has 0 bridgehead atoms. The minimum Gasteiger partial charge on any atom is -0.377 e. The Morgan fingerprint density at radius 2 is 2.27 bits per heavy atom. The van der Waals surface area contributed by atoms with E-state index >= 15 is 0 Å². The zero-order valence-corrected chi connectivity index (χ0v) is 7.60. The van der Waals surface area contributed by atoms with Gasteiger partial charge in [0.1, 0.15) is 0 Å². The summed E-state index contributed by atoms with van der Waals surface area (Å²) in [4.78, 5) is 0. The Balaban J connectivity index is 2.20. The number of likely N-dealkylation sites (N-methyl/N-ethyl adjacent to an activating group) is 1. The van der Waals surface area contributed by atoms with Crippen LogP contribution in [0.2, 0.25) is 0 Å². The van der Waals surface area contributed by atoms with E-state index < -0.39 is 0 Å². The van der Waals surface area contributed by atoms with Crippen molar-refractivity contribution in [1.29, 1.82) is 0 Å². The molecule has 0 aromatic rings. The molecule has 2 nitrogen and oxygen atoms in total. The lowest BCUT2D eigenvalue weighted by atomic mass is 10.2. The summed E-state index contributed by atoms with van der Waals surface area (Å²) in [7, 11) is 2.03. The fraction of sp³-hybridized carbons (Fsp3) is 1.00. The van der Waals surface area contributed by atoms with Gasteiger partial charge in [0.15, 0.2) is 0 Å². The molecule has 11 heavy (non-hydrogen) atoms. The first-order chi connectivity index (χ1) is 5.38. The molecule has 1 fully saturated rings. The number of ether oxygens (including phenoxy) is 1. The first kappa shape index (κ1) is 9.01. The Bertz CT molecular complexity index is 106. The molecule has 1 N–H and O–H groups in total. The highest BCUT2D eigenvalue weighted by Crippen LogP contribution is 2.21. The maximum Gasteiger partial charge on any atom is 0.0727 e. The monoisotopic (exact) mass is 157 g/mol. The minimum atomic E-state index is 0.486. The fourth-order valence-electron chi connectivity index (χ4n) is 1.72. The van der Waals surface area contributed by atoms with Crippen LogP contribution in [-0.2, 0) is 4.74 Å². The molecule has 2 atom stereocenters. The van der Waals surface area contributed by atoms with Crippen LogP contribution in [-0.4, -0.2) is 25.8 Å². The predicted molar refractivity (Wildman–Crippen MR) is 46.7 cm³/mol. The highest BCUT2D eigenvalue weighted by molar-refractivity contribution is 4.82. The second-order valence-corrected chi connectivity index (χ2v) is 3.24. The Hall–Kier alpha value is -0.0800. The van der Waals surface area contributed by atoms with Gasteiger partial charge in [0.25, 0.3) is 0 Å². The van der Waals surface area contributed by atoms with Gasteiger partial charge >= 0.3 is 0 Å². The van der Waals surface area contributed by atoms with E-state index in [4.69, 9.17) is 4.74 Å². The van der Waals surface area contributed by atoms with E-state index in [0.717, 1.165) is 13.0 Å². The first-order valence-electron chi connectivity index (χ1n) is 4.67. The minimum absolute atomic E-state index is 0.486. The van der Waals surface area contributed by atoms with Gasteiger partial charge in [-0.3, -0.25) is 0 Å². The lowest BCUT2D eigenvalue weighted by molar-refractivity contribution is 0.0421. The molecule has 0 aromatic heterocycles. The molecule has 1 aliphatic rings. The van der Waals surface area contributed by atoms with Gasteiger partial charge in [-0.2, -0.15) is 0 Å². The van der Waals surface area contributed by atoms with Crippen LogP contribution in [0, 0.1) is 0 Å². The van der Waals surface area contributed by atoms with Crippen molar-refractivity contribution in [2.45, 2.75) is 44.8 Å². The van der Waals surface area contributed by atoms with Crippen LogP contribution in [0.4, 0.5) is 0 Å². The molecule has 66 valence electrons. The Morgan fingerprint density at radius 1 is 1.45 bits per heavy atom. The maximum absolute atomic E-state index is 5.69. The molecular weight excluding hydrogens is 138 g/mol. The second-order valence-electron chi connectivity index (χ2n) is 3.24. The fourth-order valence-corrected chi connectivity index (χ4v) is 1.72. The highest BCUT2D eigenvalue weighted by Gasteiger charge is 2.25. The number of rotatable bonds is 4. The van der Waals surface area contributed by atoms with E-state index in [1.54, 1.807) is 0 Å². The van der Waals surface area contributed by atoms with Gasteiger partial charge in [-0.05, 0) is 32.7 Å². The zero-order valence-electron chi connectivity index (χ0n) is 7.60. The quantitative estimate of drug-likeness (QED) is 0.668. The van der Waals surface area contributed by atoms with E-state index in [1.165, 1.54) is 19.3 Å². The summed E-state index contributed by atoms with van der Waals surface area (Å²) < 4.78 is 5.69. The van der Waals surface area contributed by atoms with Crippen LogP contribution in [0.25, 0.3) is 0 Å². The molecule has 0 spiro atoms. The summed E-state index contributed by atoms with van der Waals surface area (Å²) in [6.07, 6.45) is 5.46. The Labute approximate surface area is 69.3 Å². The molecule has 1 rings (SSSR count). The third-order valence-electron chi connectivity index (χ3n) is 2.36. The summed E-state index contributed by atoms with van der Waals surface area (Å²) in [5.41, 5.74) is 0. The third-order valence-corrected chi connectivity index (χ3v) is 2.36. The van der Waals surface area contributed by atoms with Gasteiger partial charge in [-0.15, -0.1) is 0 Å². The van der Waals surface area contributed by atoms with Gasteiger partial charge in [0.05, 0.1) is 6.10 Å². The van der Waals surface area contributed by atoms with E-state index in [9.17, 15) is 0 Å². The Morgan fingerprint density at radius 3 is 2.91 bits per heavy atom. The van der Waals surface area contributed by atoms with Crippen LogP contribution < -0.4 is 5.32 Å². The topological polar surface area (TPSA) is 21.3 Å². The molecule has 0 aromatic carbocycles. The molecule has 0 saturated heterocycles. The van der Waals surface area contributed by atoms with Crippen molar-refractivity contribution in [2.24, 2.45) is 0 Å². The highest BCUT2D eigenvalue weighted by atomic mass is 16.5. The lowest BCUT2D eigenvalue weighted by Crippen LogP contribution is -2.34. The van der Waals surface area contributed by atoms with Gasteiger partial charge < -0.3 is 10.1 Å². The second kappa shape index (κ2) is 4.73. The molecule has 1 aliphatic carbocycles. The molecule has 1 saturated carbocycles. The standard InChI is InChI=1S/C9H19NO/c1-3-7-11-9-6-4-5-8(9)10-2/h8-10H,3-7H2,1-2H3. The summed E-state index contributed by atoms with van der Waals surface area (Å²) in [5, 5.41) is 3.30. The molecular formula is C9H19NO. The molecule has 2 unspecified atom stereocenters. The van der Waals surface area contributed by atoms with Gasteiger partial charge in [-0.1, -0.05) is 6.92 Å². The molecule has 0 aliphatic heterocycles. The summed E-state index contributed by atoms with van der Waals surface area (Å²) in [6.45, 7) is 3.08. The van der Waals surface area contributed by atoms with E-state index in [1.807, 2.05) is 7.05 Å². The summed E-state index contributed by atoms with van der Waals surface area (Å²) >= 11 is 0. The molecule has 0 amide bonds. The maximum atomic E-state index is 5.69. The average molecular weight is 157 g/mol. The van der Waals surface area contributed by atoms with Gasteiger partial charge in [-0.25, -0.2) is 0 Å². The first-order valence-corrected chi connectivity index (χ1v) is 4.67. The van der Waals surface area contributed by atoms with E-state index in [-0.39, 0.29) is 0 Å². The van der Waals surface area contributed by atoms with E-state index in [2.05, 4.69) is 12.2 Å². The number of hydrogen-bond donors (Lipinski definition) is 1. The summed E-state index contributed by atoms with van der Waals surface area (Å²) in [5.74, 6) is 0. The zero-order chi connectivity index (χ0) is 8.10. The SMILES string of the molecule is CCCOC1CCCC1NC. The number of nitrogens with one attached hydrogen (secondary N) is 1. The molecule has 0 radical (unpaired) electrons. The molecule has 2 heteroatoms. The third kappa shape index (κ3) is 2.46. The van der Waals surface area contributed by atoms with Crippen molar-refractivity contribution < 1.29 is 4.74 Å². The van der Waals surface area contributed by atoms with Crippen LogP contribution in [0.3, 0.4) is 0 Å². The Kier molecular flexibility index (Phi) is 3.87. The van der Waals surface area contributed by atoms with Crippen molar-refractivity contribution >= 4 is 0 Å². The van der Waals surface area contributed by atoms with Crippen molar-refractivity contribution in [1.82, 2.24) is 5.32 Å². The van der Waals surface area contributed by atoms with Crippen LogP contribution >= 0.6 is 0 Å². The summed E-state index contributed by atoms with van der Waals surface area (Å²) in [6, 6.07) is 0.613. The smallest absolute Gasteiger partial charge is 0.0727 e. The van der Waals surface area contributed by atoms with Gasteiger partial charge in [0.2, 0.25) is 0 Å². The van der Waals surface area contributed by atoms with Gasteiger partial charge in [0, 0.05) is 12.6 Å². The molecule has 0 heterocycles. The van der Waals surface area contributed by atoms with Crippen LogP contribution in [0.1, 0.15) is 32.6 Å². The number of hydrogen-bond acceptors (Lipinski definition) is 2.